The molecule has 42 nitrogen and oxygen atoms in total. The van der Waals surface area contributed by atoms with Crippen LogP contribution >= 0.6 is 0 Å². The first-order valence-corrected chi connectivity index (χ1v) is 44.3. The van der Waals surface area contributed by atoms with Crippen molar-refractivity contribution in [3.8, 4) is 115 Å². The van der Waals surface area contributed by atoms with Gasteiger partial charge < -0.3 is 144 Å². The Balaban J connectivity index is -0.000000414. The van der Waals surface area contributed by atoms with Crippen molar-refractivity contribution in [2.24, 2.45) is 49.9 Å². The molecule has 0 N–H and O–H groups in total. The average molecular weight is 2390 g/mol. The fourth-order valence-corrected chi connectivity index (χ4v) is 11.2. The third-order valence-corrected chi connectivity index (χ3v) is 17.2. The Kier molecular flexibility index (Phi) is 93.1. The van der Waals surface area contributed by atoms with Gasteiger partial charge >= 0.3 is 239 Å². The van der Waals surface area contributed by atoms with E-state index < -0.39 is 15.3 Å². The van der Waals surface area contributed by atoms with Gasteiger partial charge in [0.05, 0.1) is 147 Å². The first-order chi connectivity index (χ1) is 68.5. The number of ether oxygens (including phenoxy) is 10. The van der Waals surface area contributed by atoms with Crippen molar-refractivity contribution in [2.45, 2.75) is 69.2 Å². The van der Waals surface area contributed by atoms with Gasteiger partial charge in [-0.1, -0.05) is 179 Å². The molecule has 0 fully saturated rings. The molecule has 0 atom stereocenters. The summed E-state index contributed by atoms with van der Waals surface area (Å²) < 4.78 is 52.7. The summed E-state index contributed by atoms with van der Waals surface area (Å²) in [5.74, 6) is 1.50. The van der Waals surface area contributed by atoms with E-state index in [0.717, 1.165) is 0 Å². The number of hydrogen-bond donors (Lipinski definition) is 0. The van der Waals surface area contributed by atoms with E-state index in [2.05, 4.69) is 49.9 Å². The van der Waals surface area contributed by atoms with Crippen molar-refractivity contribution in [2.75, 3.05) is 132 Å². The second-order valence-corrected chi connectivity index (χ2v) is 27.1. The van der Waals surface area contributed by atoms with E-state index in [4.69, 9.17) is 93.3 Å². The summed E-state index contributed by atoms with van der Waals surface area (Å²) in [6.07, 6.45) is 15.2. The predicted octanol–water partition coefficient (Wildman–Crippen LogP) is 1.13. The molecule has 0 aliphatic heterocycles. The number of rotatable bonds is 45. The monoisotopic (exact) mass is 2390 g/mol. The maximum Gasteiger partial charge on any atom is 2.00 e. The fraction of sp³-hybridized carbons (Fsp3) is 0.300. The SMILES string of the molecule is CCOc1cccc(C=NCCN=Cc2cccc(OCC)c2[O-])c1[O-].CCOc1cccc(C=NCCN=Cc2cccc(OCC)c2[O-])c1[O-].CCOc1cccc(C=NCCN=Cc2cccc(OCC)c2[O-])c1[O-].CCOc1cccc(C=NCCN=Cc2cccc(OCC)c2[O-])c1[O-].CCOc1cccc(C=NCCN=Cc2cccc(OCC)c2[O-])c1[O-].O=[N+]([O-])[O-].O=[N+]([O-])[O-].O=[N+]([O-])[O-].[Cu+2].[Cu+2].[Cu+2].[Cu+2].[Cu+2].[K+].[K+].[K+]. The summed E-state index contributed by atoms with van der Waals surface area (Å²) in [6, 6.07) is 51.0. The van der Waals surface area contributed by atoms with Crippen molar-refractivity contribution >= 4 is 62.1 Å². The van der Waals surface area contributed by atoms with Crippen LogP contribution in [0.15, 0.2) is 232 Å². The van der Waals surface area contributed by atoms with Gasteiger partial charge in [0.1, 0.15) is 57.5 Å². The molecule has 807 valence electrons. The Bertz CT molecular complexity index is 4680. The average Bonchev–Trinajstić information content (AvgIpc) is 0.854. The van der Waals surface area contributed by atoms with Crippen LogP contribution in [0.4, 0.5) is 0 Å². The molecule has 0 saturated heterocycles. The normalized spacial score (nSPS) is 10.3. The Morgan fingerprint density at radius 2 is 0.253 bits per heavy atom. The molecular formula is C100H110Cu5K3N13O29. The van der Waals surface area contributed by atoms with Gasteiger partial charge in [-0.25, -0.2) is 0 Å². The van der Waals surface area contributed by atoms with E-state index in [0.29, 0.717) is 245 Å². The van der Waals surface area contributed by atoms with E-state index in [9.17, 15) is 51.1 Å². The maximum atomic E-state index is 12.1. The van der Waals surface area contributed by atoms with Gasteiger partial charge in [-0.3, -0.25) is 49.9 Å². The minimum atomic E-state index is -1.75. The van der Waals surface area contributed by atoms with Gasteiger partial charge in [0.2, 0.25) is 0 Å². The molecule has 0 saturated carbocycles. The van der Waals surface area contributed by atoms with E-state index >= 15 is 0 Å². The molecule has 0 spiro atoms. The number of hydrogen-bond acceptors (Lipinski definition) is 39. The molecule has 10 rings (SSSR count). The van der Waals surface area contributed by atoms with Crippen LogP contribution in [-0.4, -0.2) is 209 Å². The van der Waals surface area contributed by atoms with Crippen molar-refractivity contribution in [3.63, 3.8) is 0 Å². The van der Waals surface area contributed by atoms with Crippen molar-refractivity contribution < 1.29 is 353 Å². The Hall–Kier alpha value is -9.99. The van der Waals surface area contributed by atoms with Crippen LogP contribution < -0.4 is 253 Å². The molecule has 150 heavy (non-hydrogen) atoms. The van der Waals surface area contributed by atoms with Crippen LogP contribution in [0.25, 0.3) is 0 Å². The number of aliphatic imine (C=N–C) groups is 10. The molecule has 0 amide bonds. The standard InChI is InChI=1S/5C20H24N2O4.5Cu.3K.3NO3/c5*1-3-25-17-9-5-7-15(19(17)23)13-21-11-12-22-14-16-8-6-10-18(20(16)24)26-4-2;;;;;;;;;3*2-1(3)4/h5*5-10,13-14,23-24H,3-4,11-12H2,1-2H3;;;;;;;;;;;/q;;;;;5*+2;3*+1;3*-1/p-10. The summed E-state index contributed by atoms with van der Waals surface area (Å²) in [7, 11) is 0. The molecule has 0 aromatic heterocycles. The van der Waals surface area contributed by atoms with Crippen LogP contribution in [0.5, 0.6) is 115 Å². The number of benzene rings is 10. The Labute approximate surface area is 1050 Å². The van der Waals surface area contributed by atoms with E-state index in [1.165, 1.54) is 62.1 Å². The van der Waals surface area contributed by atoms with Crippen molar-refractivity contribution in [3.05, 3.63) is 284 Å². The second-order valence-electron chi connectivity index (χ2n) is 27.1. The Morgan fingerprint density at radius 1 is 0.180 bits per heavy atom. The number of para-hydroxylation sites is 10. The van der Waals surface area contributed by atoms with E-state index in [-0.39, 0.29) is 297 Å². The van der Waals surface area contributed by atoms with Gasteiger partial charge in [-0.15, -0.1) is 0 Å². The molecule has 0 heterocycles. The van der Waals surface area contributed by atoms with Crippen molar-refractivity contribution in [1.29, 1.82) is 0 Å². The smallest absolute Gasteiger partial charge is 0.870 e. The van der Waals surface area contributed by atoms with Gasteiger partial charge in [0.15, 0.2) is 0 Å². The van der Waals surface area contributed by atoms with Gasteiger partial charge in [0, 0.05) is 62.1 Å². The summed E-state index contributed by atoms with van der Waals surface area (Å²) >= 11 is 0. The van der Waals surface area contributed by atoms with Crippen LogP contribution in [0.2, 0.25) is 0 Å². The van der Waals surface area contributed by atoms with E-state index in [1.807, 2.05) is 69.2 Å². The van der Waals surface area contributed by atoms with Crippen LogP contribution in [-0.2, 0) is 85.3 Å². The van der Waals surface area contributed by atoms with Crippen molar-refractivity contribution in [1.82, 2.24) is 0 Å². The quantitative estimate of drug-likeness (QED) is 0.0170. The molecule has 50 heteroatoms. The largest absolute Gasteiger partial charge is 2.00 e. The fourth-order valence-electron chi connectivity index (χ4n) is 11.2. The van der Waals surface area contributed by atoms with Gasteiger partial charge in [-0.2, -0.15) is 0 Å². The second kappa shape index (κ2) is 92.7. The third-order valence-electron chi connectivity index (χ3n) is 17.2. The molecular weight excluding hydrogens is 2280 g/mol. The third kappa shape index (κ3) is 61.6. The summed E-state index contributed by atoms with van der Waals surface area (Å²) in [5, 5.41) is 165. The van der Waals surface area contributed by atoms with Crippen LogP contribution in [0.3, 0.4) is 0 Å². The molecule has 10 aromatic carbocycles. The molecule has 0 bridgehead atoms. The zero-order valence-electron chi connectivity index (χ0n) is 84.4. The minimum absolute atomic E-state index is 0. The maximum absolute atomic E-state index is 12.1. The van der Waals surface area contributed by atoms with E-state index in [1.54, 1.807) is 182 Å². The summed E-state index contributed by atoms with van der Waals surface area (Å²) in [5.41, 5.74) is 4.78. The molecule has 10 aromatic rings. The Morgan fingerprint density at radius 3 is 0.320 bits per heavy atom. The molecule has 0 aliphatic rings. The topological polar surface area (TPSA) is 645 Å². The number of nitrogens with zero attached hydrogens (tertiary/aromatic N) is 13. The molecule has 0 aliphatic carbocycles. The molecule has 0 unspecified atom stereocenters. The van der Waals surface area contributed by atoms with Gasteiger partial charge in [0.25, 0.3) is 0 Å². The zero-order valence-corrected chi connectivity index (χ0v) is 98.5. The molecule has 5 radical (unpaired) electrons. The first kappa shape index (κ1) is 151. The minimum Gasteiger partial charge on any atom is -0.870 e. The zero-order chi connectivity index (χ0) is 105. The van der Waals surface area contributed by atoms with Gasteiger partial charge in [-0.05, 0) is 186 Å². The summed E-state index contributed by atoms with van der Waals surface area (Å²) in [4.78, 5) is 66.8. The predicted molar refractivity (Wildman–Crippen MR) is 526 cm³/mol. The van der Waals surface area contributed by atoms with Crippen LogP contribution in [0.1, 0.15) is 125 Å². The first-order valence-electron chi connectivity index (χ1n) is 44.3. The van der Waals surface area contributed by atoms with Crippen LogP contribution in [0, 0.1) is 46.0 Å². The summed E-state index contributed by atoms with van der Waals surface area (Å²) in [6.45, 7) is 26.8.